The molecule has 1 saturated heterocycles. The second-order valence-corrected chi connectivity index (χ2v) is 5.09. The van der Waals surface area contributed by atoms with Gasteiger partial charge in [-0.2, -0.15) is 0 Å². The second-order valence-electron chi connectivity index (χ2n) is 4.70. The molecule has 0 saturated carbocycles. The molecule has 6 heteroatoms. The van der Waals surface area contributed by atoms with Crippen molar-refractivity contribution in [2.24, 2.45) is 7.05 Å². The van der Waals surface area contributed by atoms with Crippen molar-refractivity contribution < 1.29 is 0 Å². The van der Waals surface area contributed by atoms with Crippen LogP contribution < -0.4 is 10.6 Å². The molecule has 5 nitrogen and oxygen atoms in total. The van der Waals surface area contributed by atoms with Crippen molar-refractivity contribution in [1.29, 1.82) is 0 Å². The van der Waals surface area contributed by atoms with Crippen molar-refractivity contribution >= 4 is 28.5 Å². The fraction of sp³-hybridized carbons (Fsp3) is 0.500. The highest BCUT2D eigenvalue weighted by molar-refractivity contribution is 6.30. The SMILES string of the molecule is Cn1c(=O)[nH]c2c(N3CCCCC3)cc(Cl)nc21. The number of piperidine rings is 1. The van der Waals surface area contributed by atoms with Crippen LogP contribution in [0.1, 0.15) is 19.3 Å². The predicted octanol–water partition coefficient (Wildman–Crippen LogP) is 1.91. The molecule has 0 spiro atoms. The van der Waals surface area contributed by atoms with Crippen molar-refractivity contribution in [1.82, 2.24) is 14.5 Å². The monoisotopic (exact) mass is 266 g/mol. The number of imidazole rings is 1. The van der Waals surface area contributed by atoms with Gasteiger partial charge in [0.15, 0.2) is 5.65 Å². The molecule has 1 aliphatic rings. The molecule has 3 heterocycles. The maximum Gasteiger partial charge on any atom is 0.327 e. The Morgan fingerprint density at radius 2 is 2.06 bits per heavy atom. The zero-order valence-electron chi connectivity index (χ0n) is 10.2. The molecule has 0 aromatic carbocycles. The van der Waals surface area contributed by atoms with Crippen LogP contribution in [0.3, 0.4) is 0 Å². The maximum atomic E-state index is 11.7. The van der Waals surface area contributed by atoms with Crippen molar-refractivity contribution in [2.75, 3.05) is 18.0 Å². The number of hydrogen-bond acceptors (Lipinski definition) is 3. The fourth-order valence-corrected chi connectivity index (χ4v) is 2.71. The smallest absolute Gasteiger partial charge is 0.327 e. The predicted molar refractivity (Wildman–Crippen MR) is 72.4 cm³/mol. The van der Waals surface area contributed by atoms with Crippen molar-refractivity contribution in [3.05, 3.63) is 21.7 Å². The van der Waals surface area contributed by atoms with Crippen LogP contribution in [0, 0.1) is 0 Å². The normalized spacial score (nSPS) is 16.4. The van der Waals surface area contributed by atoms with E-state index in [1.165, 1.54) is 23.8 Å². The van der Waals surface area contributed by atoms with Gasteiger partial charge in [0.05, 0.1) is 5.69 Å². The van der Waals surface area contributed by atoms with Gasteiger partial charge in [-0.1, -0.05) is 11.6 Å². The van der Waals surface area contributed by atoms with E-state index in [0.717, 1.165) is 24.3 Å². The molecule has 0 unspecified atom stereocenters. The molecule has 0 aliphatic carbocycles. The van der Waals surface area contributed by atoms with E-state index in [2.05, 4.69) is 14.9 Å². The third kappa shape index (κ3) is 1.79. The summed E-state index contributed by atoms with van der Waals surface area (Å²) in [6.07, 6.45) is 3.63. The lowest BCUT2D eigenvalue weighted by Crippen LogP contribution is -2.29. The molecular formula is C12H15ClN4O. The average molecular weight is 267 g/mol. The summed E-state index contributed by atoms with van der Waals surface area (Å²) in [6.45, 7) is 2.01. The van der Waals surface area contributed by atoms with Crippen LogP contribution in [0.2, 0.25) is 5.15 Å². The lowest BCUT2D eigenvalue weighted by Gasteiger charge is -2.29. The third-order valence-electron chi connectivity index (χ3n) is 3.50. The molecule has 1 N–H and O–H groups in total. The van der Waals surface area contributed by atoms with Gasteiger partial charge in [-0.05, 0) is 19.3 Å². The molecule has 96 valence electrons. The Balaban J connectivity index is 2.21. The Morgan fingerprint density at radius 3 is 2.78 bits per heavy atom. The average Bonchev–Trinajstić information content (AvgIpc) is 2.66. The van der Waals surface area contributed by atoms with Crippen LogP contribution in [0.25, 0.3) is 11.2 Å². The zero-order valence-corrected chi connectivity index (χ0v) is 11.0. The van der Waals surface area contributed by atoms with Crippen LogP contribution in [0.4, 0.5) is 5.69 Å². The lowest BCUT2D eigenvalue weighted by atomic mass is 10.1. The van der Waals surface area contributed by atoms with Crippen LogP contribution in [-0.4, -0.2) is 27.6 Å². The van der Waals surface area contributed by atoms with E-state index in [1.54, 1.807) is 7.05 Å². The molecule has 3 rings (SSSR count). The van der Waals surface area contributed by atoms with Crippen LogP contribution in [-0.2, 0) is 7.05 Å². The highest BCUT2D eigenvalue weighted by Crippen LogP contribution is 2.28. The van der Waals surface area contributed by atoms with Gasteiger partial charge in [-0.25, -0.2) is 9.78 Å². The van der Waals surface area contributed by atoms with Gasteiger partial charge in [-0.3, -0.25) is 4.57 Å². The summed E-state index contributed by atoms with van der Waals surface area (Å²) in [4.78, 5) is 21.1. The third-order valence-corrected chi connectivity index (χ3v) is 3.69. The summed E-state index contributed by atoms with van der Waals surface area (Å²) in [5.41, 5.74) is 2.24. The summed E-state index contributed by atoms with van der Waals surface area (Å²) in [5.74, 6) is 0. The Labute approximate surface area is 109 Å². The highest BCUT2D eigenvalue weighted by atomic mass is 35.5. The molecule has 2 aromatic heterocycles. The molecule has 0 radical (unpaired) electrons. The quantitative estimate of drug-likeness (QED) is 0.802. The Bertz CT molecular complexity index is 639. The van der Waals surface area contributed by atoms with Gasteiger partial charge in [0.25, 0.3) is 0 Å². The number of aryl methyl sites for hydroxylation is 1. The molecule has 2 aromatic rings. The van der Waals surface area contributed by atoms with Gasteiger partial charge < -0.3 is 9.88 Å². The van der Waals surface area contributed by atoms with E-state index in [9.17, 15) is 4.79 Å². The van der Waals surface area contributed by atoms with Crippen molar-refractivity contribution in [3.63, 3.8) is 0 Å². The van der Waals surface area contributed by atoms with Gasteiger partial charge in [0.2, 0.25) is 0 Å². The summed E-state index contributed by atoms with van der Waals surface area (Å²) in [5, 5.41) is 0.428. The summed E-state index contributed by atoms with van der Waals surface area (Å²) < 4.78 is 1.49. The Hall–Kier alpha value is -1.49. The molecule has 18 heavy (non-hydrogen) atoms. The van der Waals surface area contributed by atoms with Crippen LogP contribution in [0.5, 0.6) is 0 Å². The Morgan fingerprint density at radius 1 is 1.33 bits per heavy atom. The molecule has 1 aliphatic heterocycles. The highest BCUT2D eigenvalue weighted by Gasteiger charge is 2.18. The first-order chi connectivity index (χ1) is 8.66. The number of pyridine rings is 1. The van der Waals surface area contributed by atoms with E-state index >= 15 is 0 Å². The minimum Gasteiger partial charge on any atom is -0.370 e. The van der Waals surface area contributed by atoms with Crippen LogP contribution >= 0.6 is 11.6 Å². The van der Waals surface area contributed by atoms with E-state index in [0.29, 0.717) is 10.8 Å². The number of aromatic nitrogens is 3. The largest absolute Gasteiger partial charge is 0.370 e. The minimum absolute atomic E-state index is 0.155. The first-order valence-corrected chi connectivity index (χ1v) is 6.55. The number of rotatable bonds is 1. The number of nitrogens with zero attached hydrogens (tertiary/aromatic N) is 3. The van der Waals surface area contributed by atoms with Crippen LogP contribution in [0.15, 0.2) is 10.9 Å². The van der Waals surface area contributed by atoms with Gasteiger partial charge in [-0.15, -0.1) is 0 Å². The number of H-pyrrole nitrogens is 1. The van der Waals surface area contributed by atoms with E-state index in [4.69, 9.17) is 11.6 Å². The Kier molecular flexibility index (Phi) is 2.78. The topological polar surface area (TPSA) is 53.9 Å². The lowest BCUT2D eigenvalue weighted by molar-refractivity contribution is 0.578. The minimum atomic E-state index is -0.155. The molecular weight excluding hydrogens is 252 g/mol. The van der Waals surface area contributed by atoms with Crippen molar-refractivity contribution in [2.45, 2.75) is 19.3 Å². The first kappa shape index (κ1) is 11.6. The summed E-state index contributed by atoms with van der Waals surface area (Å²) >= 11 is 6.06. The standard InChI is InChI=1S/C12H15ClN4O/c1-16-11-10(15-12(16)18)8(7-9(13)14-11)17-5-3-2-4-6-17/h7H,2-6H2,1H3,(H,15,18). The van der Waals surface area contributed by atoms with E-state index in [-0.39, 0.29) is 5.69 Å². The number of nitrogens with one attached hydrogen (secondary N) is 1. The van der Waals surface area contributed by atoms with Crippen molar-refractivity contribution in [3.8, 4) is 0 Å². The second kappa shape index (κ2) is 4.31. The number of aromatic amines is 1. The molecule has 0 bridgehead atoms. The first-order valence-electron chi connectivity index (χ1n) is 6.17. The van der Waals surface area contributed by atoms with Gasteiger partial charge in [0.1, 0.15) is 10.7 Å². The maximum absolute atomic E-state index is 11.7. The molecule has 1 fully saturated rings. The fourth-order valence-electron chi connectivity index (χ4n) is 2.52. The summed E-state index contributed by atoms with van der Waals surface area (Å²) in [6, 6.07) is 1.84. The number of fused-ring (bicyclic) bond motifs is 1. The number of halogens is 1. The van der Waals surface area contributed by atoms with Gasteiger partial charge >= 0.3 is 5.69 Å². The zero-order chi connectivity index (χ0) is 12.7. The summed E-state index contributed by atoms with van der Waals surface area (Å²) in [7, 11) is 1.70. The molecule has 0 amide bonds. The number of anilines is 1. The molecule has 0 atom stereocenters. The van der Waals surface area contributed by atoms with Gasteiger partial charge in [0, 0.05) is 26.2 Å². The number of hydrogen-bond donors (Lipinski definition) is 1. The van der Waals surface area contributed by atoms with E-state index < -0.39 is 0 Å². The van der Waals surface area contributed by atoms with E-state index in [1.807, 2.05) is 6.07 Å².